The maximum absolute atomic E-state index is 5.35. The van der Waals surface area contributed by atoms with Crippen molar-refractivity contribution in [3.63, 3.8) is 0 Å². The lowest BCUT2D eigenvalue weighted by atomic mass is 10.3. The number of hydrogen-bond donors (Lipinski definition) is 2. The Kier molecular flexibility index (Phi) is 5.96. The van der Waals surface area contributed by atoms with Crippen molar-refractivity contribution in [2.45, 2.75) is 13.0 Å². The topological polar surface area (TPSA) is 63.0 Å². The first kappa shape index (κ1) is 14.0. The molecule has 2 aromatic rings. The zero-order chi connectivity index (χ0) is 11.2. The van der Waals surface area contributed by atoms with Crippen molar-refractivity contribution in [2.75, 3.05) is 18.9 Å². The second-order valence-electron chi connectivity index (χ2n) is 3.29. The SMILES string of the molecule is CNCc1nnc(NCCc2cccs2)o1.Cl. The molecule has 2 rings (SSSR count). The second kappa shape index (κ2) is 7.26. The molecule has 0 saturated heterocycles. The number of anilines is 1. The molecule has 0 aromatic carbocycles. The first-order valence-corrected chi connectivity index (χ1v) is 5.99. The van der Waals surface area contributed by atoms with Crippen LogP contribution in [0.4, 0.5) is 6.01 Å². The number of nitrogens with one attached hydrogen (secondary N) is 2. The van der Waals surface area contributed by atoms with Gasteiger partial charge in [-0.3, -0.25) is 0 Å². The highest BCUT2D eigenvalue weighted by atomic mass is 35.5. The van der Waals surface area contributed by atoms with E-state index in [1.54, 1.807) is 11.3 Å². The van der Waals surface area contributed by atoms with E-state index in [2.05, 4.69) is 38.3 Å². The highest BCUT2D eigenvalue weighted by Crippen LogP contribution is 2.10. The molecule has 5 nitrogen and oxygen atoms in total. The van der Waals surface area contributed by atoms with Gasteiger partial charge in [-0.25, -0.2) is 0 Å². The van der Waals surface area contributed by atoms with E-state index in [4.69, 9.17) is 4.42 Å². The van der Waals surface area contributed by atoms with Gasteiger partial charge in [-0.2, -0.15) is 0 Å². The van der Waals surface area contributed by atoms with Crippen LogP contribution in [0.25, 0.3) is 0 Å². The first-order valence-electron chi connectivity index (χ1n) is 5.11. The summed E-state index contributed by atoms with van der Waals surface area (Å²) in [5, 5.41) is 15.9. The van der Waals surface area contributed by atoms with Gasteiger partial charge in [-0.1, -0.05) is 11.2 Å². The summed E-state index contributed by atoms with van der Waals surface area (Å²) >= 11 is 1.75. The van der Waals surface area contributed by atoms with Crippen molar-refractivity contribution in [1.82, 2.24) is 15.5 Å². The van der Waals surface area contributed by atoms with E-state index in [1.807, 2.05) is 7.05 Å². The summed E-state index contributed by atoms with van der Waals surface area (Å²) in [4.78, 5) is 1.35. The standard InChI is InChI=1S/C10H14N4OS.ClH/c1-11-7-9-13-14-10(15-9)12-5-4-8-3-2-6-16-8;/h2-3,6,11H,4-5,7H2,1H3,(H,12,14);1H. The van der Waals surface area contributed by atoms with Crippen molar-refractivity contribution >= 4 is 29.8 Å². The third kappa shape index (κ3) is 4.33. The van der Waals surface area contributed by atoms with Gasteiger partial charge in [0.2, 0.25) is 5.89 Å². The van der Waals surface area contributed by atoms with Gasteiger partial charge in [0.1, 0.15) is 0 Å². The summed E-state index contributed by atoms with van der Waals surface area (Å²) in [6.07, 6.45) is 0.974. The van der Waals surface area contributed by atoms with Crippen LogP contribution in [0.3, 0.4) is 0 Å². The van der Waals surface area contributed by atoms with Gasteiger partial charge in [-0.15, -0.1) is 28.8 Å². The number of halogens is 1. The van der Waals surface area contributed by atoms with Gasteiger partial charge in [0.05, 0.1) is 6.54 Å². The van der Waals surface area contributed by atoms with Crippen molar-refractivity contribution in [1.29, 1.82) is 0 Å². The molecule has 0 aliphatic heterocycles. The number of nitrogens with zero attached hydrogens (tertiary/aromatic N) is 2. The Hall–Kier alpha value is -1.11. The minimum Gasteiger partial charge on any atom is -0.407 e. The zero-order valence-corrected chi connectivity index (χ0v) is 11.1. The minimum absolute atomic E-state index is 0. The Balaban J connectivity index is 0.00000144. The largest absolute Gasteiger partial charge is 0.407 e. The molecule has 0 aliphatic rings. The third-order valence-electron chi connectivity index (χ3n) is 2.02. The summed E-state index contributed by atoms with van der Waals surface area (Å²) in [5.74, 6) is 0.598. The molecule has 0 atom stereocenters. The molecule has 94 valence electrons. The number of hydrogen-bond acceptors (Lipinski definition) is 6. The molecule has 0 fully saturated rings. The monoisotopic (exact) mass is 274 g/mol. The number of aromatic nitrogens is 2. The summed E-state index contributed by atoms with van der Waals surface area (Å²) in [7, 11) is 1.84. The smallest absolute Gasteiger partial charge is 0.315 e. The lowest BCUT2D eigenvalue weighted by Crippen LogP contribution is -2.05. The van der Waals surface area contributed by atoms with E-state index < -0.39 is 0 Å². The third-order valence-corrected chi connectivity index (χ3v) is 2.96. The molecule has 0 spiro atoms. The molecule has 0 radical (unpaired) electrons. The van der Waals surface area contributed by atoms with Crippen LogP contribution in [-0.4, -0.2) is 23.8 Å². The normalized spacial score (nSPS) is 9.94. The Labute approximate surface area is 110 Å². The van der Waals surface area contributed by atoms with Crippen LogP contribution in [0.5, 0.6) is 0 Å². The second-order valence-corrected chi connectivity index (χ2v) is 4.32. The highest BCUT2D eigenvalue weighted by Gasteiger charge is 2.03. The first-order chi connectivity index (χ1) is 7.88. The molecule has 17 heavy (non-hydrogen) atoms. The summed E-state index contributed by atoms with van der Waals surface area (Å²) < 4.78 is 5.35. The number of rotatable bonds is 6. The molecule has 0 aliphatic carbocycles. The molecule has 2 aromatic heterocycles. The van der Waals surface area contributed by atoms with Crippen LogP contribution < -0.4 is 10.6 Å². The van der Waals surface area contributed by atoms with Crippen molar-refractivity contribution < 1.29 is 4.42 Å². The summed E-state index contributed by atoms with van der Waals surface area (Å²) in [5.41, 5.74) is 0. The van der Waals surface area contributed by atoms with Crippen LogP contribution in [0, 0.1) is 0 Å². The fraction of sp³-hybridized carbons (Fsp3) is 0.400. The van der Waals surface area contributed by atoms with Gasteiger partial charge >= 0.3 is 6.01 Å². The number of thiophene rings is 1. The van der Waals surface area contributed by atoms with Crippen LogP contribution >= 0.6 is 23.7 Å². The van der Waals surface area contributed by atoms with Gasteiger partial charge in [0.25, 0.3) is 0 Å². The maximum Gasteiger partial charge on any atom is 0.315 e. The Morgan fingerprint density at radius 3 is 3.00 bits per heavy atom. The molecule has 7 heteroatoms. The molecule has 2 N–H and O–H groups in total. The quantitative estimate of drug-likeness (QED) is 0.843. The Bertz CT molecular complexity index is 418. The van der Waals surface area contributed by atoms with Gasteiger partial charge in [-0.05, 0) is 24.9 Å². The van der Waals surface area contributed by atoms with Crippen LogP contribution in [0.1, 0.15) is 10.8 Å². The minimum atomic E-state index is 0. The van der Waals surface area contributed by atoms with E-state index in [1.165, 1.54) is 4.88 Å². The predicted molar refractivity (Wildman–Crippen MR) is 70.8 cm³/mol. The molecule has 0 amide bonds. The van der Waals surface area contributed by atoms with Crippen LogP contribution in [0.15, 0.2) is 21.9 Å². The van der Waals surface area contributed by atoms with E-state index >= 15 is 0 Å². The zero-order valence-electron chi connectivity index (χ0n) is 9.47. The lowest BCUT2D eigenvalue weighted by molar-refractivity contribution is 0.489. The molecular formula is C10H15ClN4OS. The molecule has 0 unspecified atom stereocenters. The average molecular weight is 275 g/mol. The molecular weight excluding hydrogens is 260 g/mol. The molecule has 0 saturated carbocycles. The Morgan fingerprint density at radius 1 is 1.41 bits per heavy atom. The van der Waals surface area contributed by atoms with Gasteiger partial charge < -0.3 is 15.1 Å². The van der Waals surface area contributed by atoms with E-state index in [0.717, 1.165) is 13.0 Å². The van der Waals surface area contributed by atoms with E-state index in [9.17, 15) is 0 Å². The van der Waals surface area contributed by atoms with E-state index in [0.29, 0.717) is 18.5 Å². The molecule has 2 heterocycles. The lowest BCUT2D eigenvalue weighted by Gasteiger charge is -1.98. The van der Waals surface area contributed by atoms with Crippen LogP contribution in [-0.2, 0) is 13.0 Å². The maximum atomic E-state index is 5.35. The molecule has 0 bridgehead atoms. The fourth-order valence-corrected chi connectivity index (χ4v) is 2.00. The van der Waals surface area contributed by atoms with Crippen molar-refractivity contribution in [3.05, 3.63) is 28.3 Å². The van der Waals surface area contributed by atoms with Gasteiger partial charge in [0, 0.05) is 11.4 Å². The van der Waals surface area contributed by atoms with Crippen molar-refractivity contribution in [2.24, 2.45) is 0 Å². The highest BCUT2D eigenvalue weighted by molar-refractivity contribution is 7.09. The van der Waals surface area contributed by atoms with Gasteiger partial charge in [0.15, 0.2) is 0 Å². The van der Waals surface area contributed by atoms with E-state index in [-0.39, 0.29) is 12.4 Å². The summed E-state index contributed by atoms with van der Waals surface area (Å²) in [6.45, 7) is 1.40. The Morgan fingerprint density at radius 2 is 2.29 bits per heavy atom. The predicted octanol–water partition coefficient (Wildman–Crippen LogP) is 1.93. The van der Waals surface area contributed by atoms with Crippen molar-refractivity contribution in [3.8, 4) is 0 Å². The fourth-order valence-electron chi connectivity index (χ4n) is 1.30. The average Bonchev–Trinajstić information content (AvgIpc) is 2.90. The summed E-state index contributed by atoms with van der Waals surface area (Å²) in [6, 6.07) is 4.66. The van der Waals surface area contributed by atoms with Crippen LogP contribution in [0.2, 0.25) is 0 Å².